The quantitative estimate of drug-likeness (QED) is 0.741. The van der Waals surface area contributed by atoms with Gasteiger partial charge in [-0.25, -0.2) is 4.79 Å². The van der Waals surface area contributed by atoms with Crippen LogP contribution < -0.4 is 11.1 Å². The van der Waals surface area contributed by atoms with Gasteiger partial charge in [0, 0.05) is 12.6 Å². The molecule has 0 aromatic carbocycles. The first kappa shape index (κ1) is 14.2. The largest absolute Gasteiger partial charge is 0.392 e. The fourth-order valence-corrected chi connectivity index (χ4v) is 2.38. The molecule has 0 aromatic rings. The van der Waals surface area contributed by atoms with Gasteiger partial charge in [0.15, 0.2) is 0 Å². The molecule has 1 aliphatic rings. The highest BCUT2D eigenvalue weighted by molar-refractivity contribution is 7.80. The minimum Gasteiger partial charge on any atom is -0.392 e. The lowest BCUT2D eigenvalue weighted by Gasteiger charge is -2.28. The Labute approximate surface area is 109 Å². The zero-order valence-corrected chi connectivity index (χ0v) is 11.4. The van der Waals surface area contributed by atoms with Gasteiger partial charge in [-0.1, -0.05) is 38.4 Å². The highest BCUT2D eigenvalue weighted by Crippen LogP contribution is 2.17. The Bertz CT molecular complexity index is 264. The summed E-state index contributed by atoms with van der Waals surface area (Å²) in [6.45, 7) is 3.12. The Hall–Kier alpha value is -0.840. The fraction of sp³-hybridized carbons (Fsp3) is 0.833. The molecule has 1 saturated carbocycles. The highest BCUT2D eigenvalue weighted by Gasteiger charge is 2.19. The van der Waals surface area contributed by atoms with Gasteiger partial charge in [0.05, 0.1) is 11.5 Å². The normalized spacial score (nSPS) is 16.5. The summed E-state index contributed by atoms with van der Waals surface area (Å²) in [5.41, 5.74) is 5.50. The number of thiocarbonyl (C=S) groups is 1. The number of nitrogens with zero attached hydrogens (tertiary/aromatic N) is 1. The summed E-state index contributed by atoms with van der Waals surface area (Å²) < 4.78 is 0. The van der Waals surface area contributed by atoms with Crippen molar-refractivity contribution in [1.82, 2.24) is 10.2 Å². The predicted octanol–water partition coefficient (Wildman–Crippen LogP) is 2.03. The number of urea groups is 1. The molecule has 0 radical (unpaired) electrons. The van der Waals surface area contributed by atoms with Crippen LogP contribution in [-0.4, -0.2) is 35.1 Å². The number of amides is 2. The fourth-order valence-electron chi connectivity index (χ4n) is 2.22. The Kier molecular flexibility index (Phi) is 6.26. The molecule has 0 unspecified atom stereocenters. The zero-order valence-electron chi connectivity index (χ0n) is 10.6. The zero-order chi connectivity index (χ0) is 12.7. The van der Waals surface area contributed by atoms with Gasteiger partial charge in [-0.05, 0) is 19.3 Å². The van der Waals surface area contributed by atoms with E-state index >= 15 is 0 Å². The van der Waals surface area contributed by atoms with E-state index in [0.717, 1.165) is 19.3 Å². The molecule has 1 rings (SSSR count). The van der Waals surface area contributed by atoms with Gasteiger partial charge in [-0.15, -0.1) is 0 Å². The van der Waals surface area contributed by atoms with Crippen LogP contribution in [0.5, 0.6) is 0 Å². The summed E-state index contributed by atoms with van der Waals surface area (Å²) in [6, 6.07) is 0.313. The van der Waals surface area contributed by atoms with Crippen LogP contribution in [0.4, 0.5) is 4.79 Å². The van der Waals surface area contributed by atoms with Crippen molar-refractivity contribution in [1.29, 1.82) is 0 Å². The maximum absolute atomic E-state index is 12.0. The Balaban J connectivity index is 2.42. The number of nitrogens with two attached hydrogens (primary N) is 1. The summed E-state index contributed by atoms with van der Waals surface area (Å²) in [5.74, 6) is 0. The molecular weight excluding hydrogens is 234 g/mol. The highest BCUT2D eigenvalue weighted by atomic mass is 32.1. The van der Waals surface area contributed by atoms with Gasteiger partial charge < -0.3 is 16.0 Å². The van der Waals surface area contributed by atoms with Crippen molar-refractivity contribution in [3.05, 3.63) is 0 Å². The van der Waals surface area contributed by atoms with Crippen LogP contribution in [-0.2, 0) is 0 Å². The van der Waals surface area contributed by atoms with E-state index in [1.165, 1.54) is 19.3 Å². The van der Waals surface area contributed by atoms with Crippen LogP contribution in [0.3, 0.4) is 0 Å². The van der Waals surface area contributed by atoms with Gasteiger partial charge in [-0.3, -0.25) is 0 Å². The molecule has 3 N–H and O–H groups in total. The Morgan fingerprint density at radius 2 is 2.06 bits per heavy atom. The van der Waals surface area contributed by atoms with Crippen LogP contribution in [0.25, 0.3) is 0 Å². The third-order valence-corrected chi connectivity index (χ3v) is 3.19. The Morgan fingerprint density at radius 1 is 1.41 bits per heavy atom. The molecule has 0 aliphatic heterocycles. The third-order valence-electron chi connectivity index (χ3n) is 3.06. The van der Waals surface area contributed by atoms with E-state index in [1.54, 1.807) is 4.90 Å². The molecule has 0 heterocycles. The van der Waals surface area contributed by atoms with Crippen LogP contribution in [0.15, 0.2) is 0 Å². The van der Waals surface area contributed by atoms with Crippen molar-refractivity contribution in [2.75, 3.05) is 13.1 Å². The first-order valence-corrected chi connectivity index (χ1v) is 6.88. The molecule has 1 fully saturated rings. The summed E-state index contributed by atoms with van der Waals surface area (Å²) >= 11 is 4.87. The summed E-state index contributed by atoms with van der Waals surface area (Å²) in [4.78, 5) is 14.1. The Morgan fingerprint density at radius 3 is 2.59 bits per heavy atom. The van der Waals surface area contributed by atoms with E-state index in [2.05, 4.69) is 5.32 Å². The topological polar surface area (TPSA) is 58.4 Å². The van der Waals surface area contributed by atoms with Gasteiger partial charge in [0.2, 0.25) is 0 Å². The standard InChI is InChI=1S/C12H23N3OS/c1-2-8-15(9-11(13)17)12(16)14-10-6-4-3-5-7-10/h10H,2-9H2,1H3,(H2,13,17)(H,14,16). The van der Waals surface area contributed by atoms with Crippen molar-refractivity contribution in [2.24, 2.45) is 5.73 Å². The molecule has 0 aromatic heterocycles. The van der Waals surface area contributed by atoms with Crippen LogP contribution in [0.1, 0.15) is 45.4 Å². The van der Waals surface area contributed by atoms with Gasteiger partial charge in [0.25, 0.3) is 0 Å². The number of carbonyl (C=O) groups excluding carboxylic acids is 1. The maximum atomic E-state index is 12.0. The van der Waals surface area contributed by atoms with Gasteiger partial charge in [-0.2, -0.15) is 0 Å². The molecule has 98 valence electrons. The van der Waals surface area contributed by atoms with Crippen molar-refractivity contribution in [3.63, 3.8) is 0 Å². The van der Waals surface area contributed by atoms with E-state index in [1.807, 2.05) is 6.92 Å². The lowest BCUT2D eigenvalue weighted by Crippen LogP contribution is -2.48. The summed E-state index contributed by atoms with van der Waals surface area (Å²) in [6.07, 6.45) is 6.83. The molecular formula is C12H23N3OS. The van der Waals surface area contributed by atoms with E-state index < -0.39 is 0 Å². The monoisotopic (exact) mass is 257 g/mol. The lowest BCUT2D eigenvalue weighted by molar-refractivity contribution is 0.197. The van der Waals surface area contributed by atoms with E-state index in [4.69, 9.17) is 18.0 Å². The van der Waals surface area contributed by atoms with Gasteiger partial charge in [0.1, 0.15) is 0 Å². The van der Waals surface area contributed by atoms with Crippen molar-refractivity contribution < 1.29 is 4.79 Å². The number of hydrogen-bond acceptors (Lipinski definition) is 2. The number of hydrogen-bond donors (Lipinski definition) is 2. The third kappa shape index (κ3) is 5.35. The van der Waals surface area contributed by atoms with Crippen LogP contribution in [0, 0.1) is 0 Å². The lowest BCUT2D eigenvalue weighted by atomic mass is 9.96. The number of rotatable bonds is 5. The molecule has 0 atom stereocenters. The van der Waals surface area contributed by atoms with Crippen molar-refractivity contribution in [2.45, 2.75) is 51.5 Å². The van der Waals surface area contributed by atoms with E-state index in [9.17, 15) is 4.79 Å². The average Bonchev–Trinajstić information content (AvgIpc) is 2.29. The smallest absolute Gasteiger partial charge is 0.317 e. The maximum Gasteiger partial charge on any atom is 0.317 e. The number of carbonyl (C=O) groups is 1. The number of nitrogens with one attached hydrogen (secondary N) is 1. The second kappa shape index (κ2) is 7.48. The average molecular weight is 257 g/mol. The first-order chi connectivity index (χ1) is 8.13. The summed E-state index contributed by atoms with van der Waals surface area (Å²) in [7, 11) is 0. The molecule has 4 nitrogen and oxygen atoms in total. The molecule has 0 spiro atoms. The minimum absolute atomic E-state index is 0.0217. The van der Waals surface area contributed by atoms with Crippen molar-refractivity contribution >= 4 is 23.2 Å². The summed E-state index contributed by atoms with van der Waals surface area (Å²) in [5, 5.41) is 3.08. The van der Waals surface area contributed by atoms with Gasteiger partial charge >= 0.3 is 6.03 Å². The second-order valence-corrected chi connectivity index (χ2v) is 5.20. The predicted molar refractivity (Wildman–Crippen MR) is 74.1 cm³/mol. The molecule has 5 heteroatoms. The molecule has 2 amide bonds. The van der Waals surface area contributed by atoms with E-state index in [0.29, 0.717) is 24.1 Å². The SMILES string of the molecule is CCCN(CC(N)=S)C(=O)NC1CCCCC1. The molecule has 0 saturated heterocycles. The second-order valence-electron chi connectivity index (χ2n) is 4.67. The van der Waals surface area contributed by atoms with Crippen molar-refractivity contribution in [3.8, 4) is 0 Å². The van der Waals surface area contributed by atoms with Crippen LogP contribution in [0.2, 0.25) is 0 Å². The minimum atomic E-state index is -0.0217. The molecule has 1 aliphatic carbocycles. The van der Waals surface area contributed by atoms with Crippen LogP contribution >= 0.6 is 12.2 Å². The van der Waals surface area contributed by atoms with E-state index in [-0.39, 0.29) is 6.03 Å². The first-order valence-electron chi connectivity index (χ1n) is 6.47. The molecule has 0 bridgehead atoms. The molecule has 17 heavy (non-hydrogen) atoms.